The molecule has 0 atom stereocenters. The highest BCUT2D eigenvalue weighted by molar-refractivity contribution is 5.10. The molecule has 3 nitrogen and oxygen atoms in total. The van der Waals surface area contributed by atoms with Gasteiger partial charge in [0.15, 0.2) is 0 Å². The Morgan fingerprint density at radius 1 is 1.58 bits per heavy atom. The first-order chi connectivity index (χ1) is 5.68. The summed E-state index contributed by atoms with van der Waals surface area (Å²) in [6.07, 6.45) is 5.02. The van der Waals surface area contributed by atoms with Crippen molar-refractivity contribution in [3.05, 3.63) is 12.0 Å². The van der Waals surface area contributed by atoms with E-state index in [0.717, 1.165) is 24.5 Å². The quantitative estimate of drug-likeness (QED) is 0.750. The Bertz CT molecular complexity index is 230. The van der Waals surface area contributed by atoms with E-state index in [9.17, 15) is 0 Å². The van der Waals surface area contributed by atoms with Crippen molar-refractivity contribution in [2.75, 3.05) is 5.73 Å². The Balaban J connectivity index is 2.24. The highest BCUT2D eigenvalue weighted by Crippen LogP contribution is 2.11. The Kier molecular flexibility index (Phi) is 3.14. The average Bonchev–Trinajstić information content (AvgIpc) is 2.35. The van der Waals surface area contributed by atoms with E-state index in [1.54, 1.807) is 6.20 Å². The molecule has 0 aromatic carbocycles. The molecule has 1 aromatic rings. The molecule has 0 bridgehead atoms. The van der Waals surface area contributed by atoms with Crippen LogP contribution in [0, 0.1) is 5.92 Å². The van der Waals surface area contributed by atoms with Crippen LogP contribution in [0.5, 0.6) is 0 Å². The molecule has 0 radical (unpaired) electrons. The van der Waals surface area contributed by atoms with Gasteiger partial charge in [-0.1, -0.05) is 20.3 Å². The topological polar surface area (TPSA) is 52.0 Å². The third-order valence-corrected chi connectivity index (χ3v) is 1.78. The monoisotopic (exact) mass is 168 g/mol. The minimum atomic E-state index is 0.273. The number of hydrogen-bond donors (Lipinski definition) is 1. The minimum absolute atomic E-state index is 0.273. The van der Waals surface area contributed by atoms with Crippen molar-refractivity contribution >= 4 is 6.01 Å². The number of nitrogen functional groups attached to an aromatic ring is 1. The second-order valence-corrected chi connectivity index (χ2v) is 3.45. The van der Waals surface area contributed by atoms with Crippen molar-refractivity contribution in [1.82, 2.24) is 4.98 Å². The van der Waals surface area contributed by atoms with Gasteiger partial charge < -0.3 is 10.2 Å². The smallest absolute Gasteiger partial charge is 0.292 e. The second-order valence-electron chi connectivity index (χ2n) is 3.45. The summed E-state index contributed by atoms with van der Waals surface area (Å²) in [4.78, 5) is 3.83. The van der Waals surface area contributed by atoms with Gasteiger partial charge in [0, 0.05) is 6.42 Å². The van der Waals surface area contributed by atoms with Gasteiger partial charge in [0.1, 0.15) is 5.76 Å². The Morgan fingerprint density at radius 2 is 2.33 bits per heavy atom. The average molecular weight is 168 g/mol. The van der Waals surface area contributed by atoms with Crippen LogP contribution in [0.15, 0.2) is 10.6 Å². The van der Waals surface area contributed by atoms with Crippen molar-refractivity contribution in [2.24, 2.45) is 5.92 Å². The molecule has 0 aliphatic carbocycles. The van der Waals surface area contributed by atoms with E-state index in [1.807, 2.05) is 0 Å². The molecule has 0 saturated heterocycles. The largest absolute Gasteiger partial charge is 0.429 e. The lowest BCUT2D eigenvalue weighted by atomic mass is 10.1. The lowest BCUT2D eigenvalue weighted by molar-refractivity contribution is 0.487. The Morgan fingerprint density at radius 3 is 2.83 bits per heavy atom. The van der Waals surface area contributed by atoms with Gasteiger partial charge in [0.05, 0.1) is 6.20 Å². The molecule has 1 aromatic heterocycles. The first-order valence-corrected chi connectivity index (χ1v) is 4.38. The predicted octanol–water partition coefficient (Wildman–Crippen LogP) is 2.24. The summed E-state index contributed by atoms with van der Waals surface area (Å²) in [5.74, 6) is 1.65. The highest BCUT2D eigenvalue weighted by atomic mass is 16.4. The number of aryl methyl sites for hydroxylation is 1. The number of aromatic nitrogens is 1. The zero-order chi connectivity index (χ0) is 8.97. The normalized spacial score (nSPS) is 10.9. The number of nitrogens with two attached hydrogens (primary N) is 1. The van der Waals surface area contributed by atoms with E-state index in [-0.39, 0.29) is 6.01 Å². The van der Waals surface area contributed by atoms with Crippen LogP contribution in [0.1, 0.15) is 32.4 Å². The third-order valence-electron chi connectivity index (χ3n) is 1.78. The fourth-order valence-corrected chi connectivity index (χ4v) is 1.12. The highest BCUT2D eigenvalue weighted by Gasteiger charge is 2.00. The van der Waals surface area contributed by atoms with Crippen LogP contribution in [0.3, 0.4) is 0 Å². The standard InChI is InChI=1S/C9H16N2O/c1-7(2)4-3-5-8-6-11-9(10)12-8/h6-7H,3-5H2,1-2H3,(H2,10,11). The first-order valence-electron chi connectivity index (χ1n) is 4.38. The van der Waals surface area contributed by atoms with E-state index in [4.69, 9.17) is 10.2 Å². The molecule has 3 heteroatoms. The van der Waals surface area contributed by atoms with E-state index in [2.05, 4.69) is 18.8 Å². The SMILES string of the molecule is CC(C)CCCc1cnc(N)o1. The van der Waals surface area contributed by atoms with Crippen LogP contribution in [0.4, 0.5) is 6.01 Å². The molecule has 1 rings (SSSR count). The number of rotatable bonds is 4. The van der Waals surface area contributed by atoms with Gasteiger partial charge in [-0.15, -0.1) is 0 Å². The molecule has 0 aliphatic rings. The zero-order valence-corrected chi connectivity index (χ0v) is 7.71. The molecule has 0 unspecified atom stereocenters. The maximum absolute atomic E-state index is 5.33. The predicted molar refractivity (Wildman–Crippen MR) is 48.7 cm³/mol. The molecule has 0 aliphatic heterocycles. The fraction of sp³-hybridized carbons (Fsp3) is 0.667. The van der Waals surface area contributed by atoms with E-state index in [0.29, 0.717) is 0 Å². The van der Waals surface area contributed by atoms with Crippen LogP contribution in [-0.2, 0) is 6.42 Å². The lowest BCUT2D eigenvalue weighted by Crippen LogP contribution is -1.89. The van der Waals surface area contributed by atoms with Crippen molar-refractivity contribution < 1.29 is 4.42 Å². The third kappa shape index (κ3) is 2.95. The van der Waals surface area contributed by atoms with Gasteiger partial charge in [-0.25, -0.2) is 4.98 Å². The summed E-state index contributed by atoms with van der Waals surface area (Å²) in [6.45, 7) is 4.43. The molecule has 0 amide bonds. The van der Waals surface area contributed by atoms with Gasteiger partial charge in [0.25, 0.3) is 6.01 Å². The molecular weight excluding hydrogens is 152 g/mol. The molecule has 1 heterocycles. The van der Waals surface area contributed by atoms with Gasteiger partial charge in [0.2, 0.25) is 0 Å². The zero-order valence-electron chi connectivity index (χ0n) is 7.71. The summed E-state index contributed by atoms with van der Waals surface area (Å²) in [6, 6.07) is 0.273. The van der Waals surface area contributed by atoms with Crippen LogP contribution >= 0.6 is 0 Å². The molecule has 0 spiro atoms. The van der Waals surface area contributed by atoms with Gasteiger partial charge >= 0.3 is 0 Å². The summed E-state index contributed by atoms with van der Waals surface area (Å²) in [5.41, 5.74) is 5.33. The lowest BCUT2D eigenvalue weighted by Gasteiger charge is -2.01. The van der Waals surface area contributed by atoms with E-state index in [1.165, 1.54) is 6.42 Å². The molecular formula is C9H16N2O. The second kappa shape index (κ2) is 4.14. The maximum atomic E-state index is 5.33. The number of oxazole rings is 1. The molecule has 2 N–H and O–H groups in total. The van der Waals surface area contributed by atoms with Crippen molar-refractivity contribution in [1.29, 1.82) is 0 Å². The summed E-state index contributed by atoms with van der Waals surface area (Å²) < 4.78 is 5.13. The molecule has 68 valence electrons. The Hall–Kier alpha value is -0.990. The number of hydrogen-bond acceptors (Lipinski definition) is 3. The fourth-order valence-electron chi connectivity index (χ4n) is 1.12. The maximum Gasteiger partial charge on any atom is 0.292 e. The van der Waals surface area contributed by atoms with Crippen molar-refractivity contribution in [2.45, 2.75) is 33.1 Å². The minimum Gasteiger partial charge on any atom is -0.429 e. The summed E-state index contributed by atoms with van der Waals surface area (Å²) >= 11 is 0. The van der Waals surface area contributed by atoms with Gasteiger partial charge in [-0.2, -0.15) is 0 Å². The van der Waals surface area contributed by atoms with E-state index < -0.39 is 0 Å². The van der Waals surface area contributed by atoms with Crippen LogP contribution in [0.25, 0.3) is 0 Å². The van der Waals surface area contributed by atoms with Crippen molar-refractivity contribution in [3.63, 3.8) is 0 Å². The van der Waals surface area contributed by atoms with Crippen LogP contribution in [-0.4, -0.2) is 4.98 Å². The van der Waals surface area contributed by atoms with Crippen LogP contribution < -0.4 is 5.73 Å². The molecule has 12 heavy (non-hydrogen) atoms. The van der Waals surface area contributed by atoms with Gasteiger partial charge in [-0.3, -0.25) is 0 Å². The first kappa shape index (κ1) is 9.10. The molecule has 0 fully saturated rings. The van der Waals surface area contributed by atoms with E-state index >= 15 is 0 Å². The summed E-state index contributed by atoms with van der Waals surface area (Å²) in [5, 5.41) is 0. The number of nitrogens with zero attached hydrogens (tertiary/aromatic N) is 1. The van der Waals surface area contributed by atoms with Crippen LogP contribution in [0.2, 0.25) is 0 Å². The van der Waals surface area contributed by atoms with Crippen molar-refractivity contribution in [3.8, 4) is 0 Å². The summed E-state index contributed by atoms with van der Waals surface area (Å²) in [7, 11) is 0. The molecule has 0 saturated carbocycles. The Labute approximate surface area is 73.0 Å². The van der Waals surface area contributed by atoms with Gasteiger partial charge in [-0.05, 0) is 12.3 Å². The number of anilines is 1.